The van der Waals surface area contributed by atoms with Gasteiger partial charge < -0.3 is 14.2 Å². The van der Waals surface area contributed by atoms with E-state index in [9.17, 15) is 9.59 Å². The molecule has 0 aliphatic rings. The molecule has 0 aliphatic carbocycles. The first kappa shape index (κ1) is 15.7. The maximum atomic E-state index is 12.7. The summed E-state index contributed by atoms with van der Waals surface area (Å²) in [6, 6.07) is 3.05. The van der Waals surface area contributed by atoms with E-state index in [1.54, 1.807) is 14.0 Å². The van der Waals surface area contributed by atoms with E-state index < -0.39 is 5.78 Å². The average molecular weight is 306 g/mol. The Morgan fingerprint density at radius 3 is 2.00 bits per heavy atom. The van der Waals surface area contributed by atoms with Gasteiger partial charge in [0.15, 0.2) is 11.5 Å². The highest BCUT2D eigenvalue weighted by Crippen LogP contribution is 2.38. The Hall–Kier alpha value is -2.70. The maximum absolute atomic E-state index is 12.7. The molecule has 1 aromatic heterocycles. The highest BCUT2D eigenvalue weighted by atomic mass is 16.5. The first-order valence-corrected chi connectivity index (χ1v) is 6.54. The van der Waals surface area contributed by atoms with E-state index in [0.717, 1.165) is 0 Å². The number of aromatic nitrogens is 2. The van der Waals surface area contributed by atoms with Crippen molar-refractivity contribution in [3.05, 3.63) is 39.3 Å². The number of ether oxygens (including phenoxy) is 3. The van der Waals surface area contributed by atoms with Gasteiger partial charge in [0.1, 0.15) is 5.56 Å². The van der Waals surface area contributed by atoms with Gasteiger partial charge in [0.05, 0.1) is 21.3 Å². The number of aryl methyl sites for hydroxylation is 2. The minimum absolute atomic E-state index is 0.0942. The van der Waals surface area contributed by atoms with E-state index in [0.29, 0.717) is 22.9 Å². The number of aromatic amines is 1. The molecule has 0 saturated heterocycles. The molecule has 7 nitrogen and oxygen atoms in total. The number of hydrogen-bond donors (Lipinski definition) is 1. The number of nitrogens with zero attached hydrogens (tertiary/aromatic N) is 1. The highest BCUT2D eigenvalue weighted by Gasteiger charge is 2.22. The minimum atomic E-state index is -0.404. The molecule has 7 heteroatoms. The van der Waals surface area contributed by atoms with Gasteiger partial charge in [0, 0.05) is 18.3 Å². The van der Waals surface area contributed by atoms with Gasteiger partial charge in [0.2, 0.25) is 11.5 Å². The van der Waals surface area contributed by atoms with E-state index >= 15 is 0 Å². The van der Waals surface area contributed by atoms with Crippen LogP contribution in [0.5, 0.6) is 17.2 Å². The lowest BCUT2D eigenvalue weighted by molar-refractivity contribution is 0.103. The van der Waals surface area contributed by atoms with Crippen molar-refractivity contribution < 1.29 is 19.0 Å². The summed E-state index contributed by atoms with van der Waals surface area (Å²) in [5, 5.41) is 2.80. The molecule has 0 fully saturated rings. The second-order valence-electron chi connectivity index (χ2n) is 4.72. The summed E-state index contributed by atoms with van der Waals surface area (Å²) in [4.78, 5) is 24.7. The molecule has 0 radical (unpaired) electrons. The fraction of sp³-hybridized carbons (Fsp3) is 0.333. The second-order valence-corrected chi connectivity index (χ2v) is 4.72. The fourth-order valence-corrected chi connectivity index (χ4v) is 2.31. The molecule has 2 aromatic rings. The van der Waals surface area contributed by atoms with Crippen LogP contribution in [0.4, 0.5) is 0 Å². The zero-order valence-corrected chi connectivity index (χ0v) is 13.1. The zero-order chi connectivity index (χ0) is 16.4. The molecule has 118 valence electrons. The van der Waals surface area contributed by atoms with Crippen LogP contribution in [-0.4, -0.2) is 36.9 Å². The standard InChI is InChI=1S/C15H18N2O5/c1-8-12(15(19)17(2)16-8)13(18)9-6-10(20-3)14(22-5)11(7-9)21-4/h6-7,16H,1-5H3. The zero-order valence-electron chi connectivity index (χ0n) is 13.1. The number of ketones is 1. The molecule has 0 spiro atoms. The van der Waals surface area contributed by atoms with E-state index in [4.69, 9.17) is 14.2 Å². The number of hydrogen-bond acceptors (Lipinski definition) is 5. The van der Waals surface area contributed by atoms with Gasteiger partial charge in [0.25, 0.3) is 5.56 Å². The van der Waals surface area contributed by atoms with Crippen molar-refractivity contribution in [1.29, 1.82) is 0 Å². The Morgan fingerprint density at radius 1 is 1.09 bits per heavy atom. The molecule has 0 aliphatic heterocycles. The summed E-state index contributed by atoms with van der Waals surface area (Å²) in [7, 11) is 5.97. The summed E-state index contributed by atoms with van der Waals surface area (Å²) in [6.45, 7) is 1.67. The molecular formula is C15H18N2O5. The number of carbonyl (C=O) groups excluding carboxylic acids is 1. The monoisotopic (exact) mass is 306 g/mol. The quantitative estimate of drug-likeness (QED) is 0.841. The summed E-state index contributed by atoms with van der Waals surface area (Å²) >= 11 is 0. The third-order valence-corrected chi connectivity index (χ3v) is 3.38. The third kappa shape index (κ3) is 2.45. The average Bonchev–Trinajstić information content (AvgIpc) is 2.77. The van der Waals surface area contributed by atoms with Gasteiger partial charge >= 0.3 is 0 Å². The summed E-state index contributed by atoms with van der Waals surface area (Å²) in [6.07, 6.45) is 0. The van der Waals surface area contributed by atoms with Crippen LogP contribution in [0.2, 0.25) is 0 Å². The second kappa shape index (κ2) is 5.97. The molecule has 0 amide bonds. The van der Waals surface area contributed by atoms with Crippen molar-refractivity contribution in [3.8, 4) is 17.2 Å². The molecule has 22 heavy (non-hydrogen) atoms. The lowest BCUT2D eigenvalue weighted by Crippen LogP contribution is -2.19. The summed E-state index contributed by atoms with van der Waals surface area (Å²) in [5.41, 5.74) is 0.508. The summed E-state index contributed by atoms with van der Waals surface area (Å²) < 4.78 is 16.9. The van der Waals surface area contributed by atoms with Gasteiger partial charge in [-0.2, -0.15) is 0 Å². The first-order valence-electron chi connectivity index (χ1n) is 6.54. The Morgan fingerprint density at radius 2 is 1.64 bits per heavy atom. The van der Waals surface area contributed by atoms with Gasteiger partial charge in [-0.25, -0.2) is 0 Å². The SMILES string of the molecule is COc1cc(C(=O)c2c(C)[nH]n(C)c2=O)cc(OC)c1OC. The topological polar surface area (TPSA) is 82.6 Å². The molecule has 0 saturated carbocycles. The number of methoxy groups -OCH3 is 3. The van der Waals surface area contributed by atoms with Gasteiger partial charge in [-0.1, -0.05) is 0 Å². The van der Waals surface area contributed by atoms with Crippen LogP contribution >= 0.6 is 0 Å². The minimum Gasteiger partial charge on any atom is -0.493 e. The van der Waals surface area contributed by atoms with Crippen molar-refractivity contribution in [3.63, 3.8) is 0 Å². The van der Waals surface area contributed by atoms with Crippen LogP contribution in [0.15, 0.2) is 16.9 Å². The van der Waals surface area contributed by atoms with Crippen LogP contribution in [-0.2, 0) is 7.05 Å². The number of rotatable bonds is 5. The molecule has 1 aromatic carbocycles. The number of carbonyl (C=O) groups is 1. The molecule has 1 N–H and O–H groups in total. The summed E-state index contributed by atoms with van der Waals surface area (Å²) in [5.74, 6) is 0.698. The smallest absolute Gasteiger partial charge is 0.277 e. The van der Waals surface area contributed by atoms with Crippen molar-refractivity contribution in [2.45, 2.75) is 6.92 Å². The van der Waals surface area contributed by atoms with Gasteiger partial charge in [-0.15, -0.1) is 0 Å². The van der Waals surface area contributed by atoms with Crippen LogP contribution in [0, 0.1) is 6.92 Å². The number of nitrogens with one attached hydrogen (secondary N) is 1. The normalized spacial score (nSPS) is 10.4. The number of H-pyrrole nitrogens is 1. The van der Waals surface area contributed by atoms with E-state index in [-0.39, 0.29) is 16.7 Å². The first-order chi connectivity index (χ1) is 10.4. The fourth-order valence-electron chi connectivity index (χ4n) is 2.31. The van der Waals surface area contributed by atoms with E-state index in [1.807, 2.05) is 0 Å². The van der Waals surface area contributed by atoms with Crippen LogP contribution in [0.25, 0.3) is 0 Å². The Balaban J connectivity index is 2.62. The Labute approximate surface area is 127 Å². The molecule has 2 rings (SSSR count). The van der Waals surface area contributed by atoms with Crippen molar-refractivity contribution in [2.24, 2.45) is 7.05 Å². The van der Waals surface area contributed by atoms with Crippen LogP contribution in [0.3, 0.4) is 0 Å². The molecule has 0 atom stereocenters. The van der Waals surface area contributed by atoms with Gasteiger partial charge in [-0.05, 0) is 19.1 Å². The lowest BCUT2D eigenvalue weighted by Gasteiger charge is -2.13. The number of benzene rings is 1. The molecular weight excluding hydrogens is 288 g/mol. The predicted molar refractivity (Wildman–Crippen MR) is 80.3 cm³/mol. The lowest BCUT2D eigenvalue weighted by atomic mass is 10.0. The Kier molecular flexibility index (Phi) is 4.25. The van der Waals surface area contributed by atoms with Crippen molar-refractivity contribution >= 4 is 5.78 Å². The predicted octanol–water partition coefficient (Wildman–Crippen LogP) is 1.28. The van der Waals surface area contributed by atoms with Crippen molar-refractivity contribution in [2.75, 3.05) is 21.3 Å². The Bertz CT molecular complexity index is 748. The largest absolute Gasteiger partial charge is 0.493 e. The van der Waals surface area contributed by atoms with Crippen molar-refractivity contribution in [1.82, 2.24) is 9.78 Å². The van der Waals surface area contributed by atoms with E-state index in [2.05, 4.69) is 5.10 Å². The van der Waals surface area contributed by atoms with E-state index in [1.165, 1.54) is 38.1 Å². The van der Waals surface area contributed by atoms with Crippen LogP contribution in [0.1, 0.15) is 21.6 Å². The molecule has 1 heterocycles. The third-order valence-electron chi connectivity index (χ3n) is 3.38. The maximum Gasteiger partial charge on any atom is 0.277 e. The highest BCUT2D eigenvalue weighted by molar-refractivity contribution is 6.10. The molecule has 0 unspecified atom stereocenters. The molecule has 0 bridgehead atoms. The van der Waals surface area contributed by atoms with Gasteiger partial charge in [-0.3, -0.25) is 19.4 Å². The van der Waals surface area contributed by atoms with Crippen LogP contribution < -0.4 is 19.8 Å².